The van der Waals surface area contributed by atoms with Gasteiger partial charge in [-0.15, -0.1) is 0 Å². The van der Waals surface area contributed by atoms with Gasteiger partial charge in [-0.05, 0) is 84.5 Å². The molecular formula is C48H56N6O7. The number of hydrogen-bond acceptors (Lipinski definition) is 9. The molecule has 0 bridgehead atoms. The molecule has 2 fully saturated rings. The van der Waals surface area contributed by atoms with Gasteiger partial charge in [-0.1, -0.05) is 66.7 Å². The van der Waals surface area contributed by atoms with Crippen molar-refractivity contribution < 1.29 is 29.3 Å². The minimum Gasteiger partial charge on any atom is -0.506 e. The highest BCUT2D eigenvalue weighted by molar-refractivity contribution is 5.93. The molecular weight excluding hydrogens is 773 g/mol. The van der Waals surface area contributed by atoms with E-state index < -0.39 is 12.2 Å². The number of phenols is 1. The molecule has 1 aliphatic carbocycles. The van der Waals surface area contributed by atoms with Crippen LogP contribution in [0.25, 0.3) is 22.0 Å². The zero-order chi connectivity index (χ0) is 42.9. The third-order valence-electron chi connectivity index (χ3n) is 12.1. The van der Waals surface area contributed by atoms with E-state index >= 15 is 0 Å². The smallest absolute Gasteiger partial charge is 0.411 e. The van der Waals surface area contributed by atoms with Crippen LogP contribution in [0, 0.1) is 11.8 Å². The molecule has 5 N–H and O–H groups in total. The summed E-state index contributed by atoms with van der Waals surface area (Å²) >= 11 is 0. The van der Waals surface area contributed by atoms with Crippen molar-refractivity contribution in [3.05, 3.63) is 125 Å². The van der Waals surface area contributed by atoms with E-state index in [-0.39, 0.29) is 35.8 Å². The molecule has 0 radical (unpaired) electrons. The second-order valence-electron chi connectivity index (χ2n) is 16.4. The number of rotatable bonds is 17. The van der Waals surface area contributed by atoms with Gasteiger partial charge in [0.25, 0.3) is 0 Å². The Kier molecular flexibility index (Phi) is 14.1. The number of carbonyl (C=O) groups excluding carboxylic acids is 3. The molecule has 13 nitrogen and oxygen atoms in total. The standard InChI is InChI=1S/C48H56N6O7/c1-52(45(58)23-25-54-30-34-26-37(27-35(34)31-54)61-48(60)50-41-13-7-6-12-38(41)33-10-4-3-5-11-33)24-9-8-14-46(59)53(2)36-17-15-32(16-18-36)28-49-29-43(56)39-19-21-42(55)47-40(39)20-22-44(57)51-47/h3-7,10-13,15-22,34-35,37,43,49,55-56H,8-9,14,23-31H2,1-2H3,(H,50,60)(H,51,57)/t34?,35?,37?,43-/m0/s1. The molecule has 1 saturated carbocycles. The number of amides is 3. The Hall–Kier alpha value is -6.02. The molecule has 1 aromatic heterocycles. The van der Waals surface area contributed by atoms with Gasteiger partial charge in [0.15, 0.2) is 0 Å². The summed E-state index contributed by atoms with van der Waals surface area (Å²) < 4.78 is 5.88. The van der Waals surface area contributed by atoms with E-state index in [1.54, 1.807) is 29.0 Å². The van der Waals surface area contributed by atoms with Crippen LogP contribution in [0.1, 0.15) is 55.8 Å². The zero-order valence-corrected chi connectivity index (χ0v) is 34.9. The molecule has 2 heterocycles. The van der Waals surface area contributed by atoms with Crippen molar-refractivity contribution in [2.45, 2.75) is 57.3 Å². The highest BCUT2D eigenvalue weighted by Crippen LogP contribution is 2.40. The van der Waals surface area contributed by atoms with E-state index in [2.05, 4.69) is 20.5 Å². The average Bonchev–Trinajstić information content (AvgIpc) is 3.83. The largest absolute Gasteiger partial charge is 0.506 e. The number of aliphatic hydroxyl groups is 1. The van der Waals surface area contributed by atoms with Crippen LogP contribution >= 0.6 is 0 Å². The maximum Gasteiger partial charge on any atom is 0.411 e. The topological polar surface area (TPSA) is 168 Å². The highest BCUT2D eigenvalue weighted by Gasteiger charge is 2.42. The number of unbranched alkanes of at least 4 members (excludes halogenated alkanes) is 1. The number of likely N-dealkylation sites (tertiary alicyclic amines) is 1. The fourth-order valence-corrected chi connectivity index (χ4v) is 8.73. The summed E-state index contributed by atoms with van der Waals surface area (Å²) in [6.07, 6.45) is 2.50. The van der Waals surface area contributed by atoms with Gasteiger partial charge in [-0.3, -0.25) is 19.7 Å². The van der Waals surface area contributed by atoms with Crippen molar-refractivity contribution in [3.63, 3.8) is 0 Å². The average molecular weight is 829 g/mol. The zero-order valence-electron chi connectivity index (χ0n) is 34.9. The fraction of sp³-hybridized carbons (Fsp3) is 0.375. The van der Waals surface area contributed by atoms with E-state index in [9.17, 15) is 29.4 Å². The Bertz CT molecular complexity index is 2340. The van der Waals surface area contributed by atoms with Crippen LogP contribution in [0.3, 0.4) is 0 Å². The number of benzene rings is 4. The number of anilines is 2. The molecule has 2 unspecified atom stereocenters. The Morgan fingerprint density at radius 2 is 1.57 bits per heavy atom. The molecule has 320 valence electrons. The number of aliphatic hydroxyl groups excluding tert-OH is 1. The minimum absolute atomic E-state index is 0.00619. The van der Waals surface area contributed by atoms with Crippen LogP contribution in [0.2, 0.25) is 0 Å². The lowest BCUT2D eigenvalue weighted by Crippen LogP contribution is -2.33. The van der Waals surface area contributed by atoms with Crippen LogP contribution in [0.15, 0.2) is 108 Å². The molecule has 0 spiro atoms. The van der Waals surface area contributed by atoms with Gasteiger partial charge < -0.3 is 40.0 Å². The normalized spacial score (nSPS) is 17.8. The highest BCUT2D eigenvalue weighted by atomic mass is 16.6. The number of aromatic hydroxyl groups is 1. The fourth-order valence-electron chi connectivity index (χ4n) is 8.73. The van der Waals surface area contributed by atoms with Crippen molar-refractivity contribution >= 4 is 40.2 Å². The quantitative estimate of drug-likeness (QED) is 0.0644. The van der Waals surface area contributed by atoms with E-state index in [1.807, 2.05) is 85.9 Å². The van der Waals surface area contributed by atoms with Gasteiger partial charge >= 0.3 is 6.09 Å². The number of aromatic amines is 1. The monoisotopic (exact) mass is 828 g/mol. The third kappa shape index (κ3) is 11.0. The summed E-state index contributed by atoms with van der Waals surface area (Å²) in [5.74, 6) is 0.959. The molecule has 2 aliphatic rings. The molecule has 3 atom stereocenters. The van der Waals surface area contributed by atoms with Gasteiger partial charge in [-0.25, -0.2) is 4.79 Å². The third-order valence-corrected chi connectivity index (χ3v) is 12.1. The lowest BCUT2D eigenvalue weighted by Gasteiger charge is -2.22. The number of pyridine rings is 1. The van der Waals surface area contributed by atoms with Crippen molar-refractivity contribution in [2.75, 3.05) is 57.0 Å². The second-order valence-corrected chi connectivity index (χ2v) is 16.4. The molecule has 4 aromatic carbocycles. The number of carbonyl (C=O) groups is 3. The Labute approximate surface area is 356 Å². The summed E-state index contributed by atoms with van der Waals surface area (Å²) in [4.78, 5) is 59.0. The van der Waals surface area contributed by atoms with Crippen molar-refractivity contribution in [3.8, 4) is 16.9 Å². The summed E-state index contributed by atoms with van der Waals surface area (Å²) in [5, 5.41) is 27.7. The SMILES string of the molecule is CN(CCCCC(=O)N(C)c1ccc(CNC[C@H](O)c2ccc(O)c3[nH]c(=O)ccc23)cc1)C(=O)CCN1CC2CC(OC(=O)Nc3ccccc3-c3ccccc3)CC2C1. The predicted octanol–water partition coefficient (Wildman–Crippen LogP) is 6.66. The van der Waals surface area contributed by atoms with Crippen LogP contribution in [0.4, 0.5) is 16.2 Å². The van der Waals surface area contributed by atoms with Crippen LogP contribution in [0.5, 0.6) is 5.75 Å². The molecule has 61 heavy (non-hydrogen) atoms. The van der Waals surface area contributed by atoms with Crippen molar-refractivity contribution in [2.24, 2.45) is 11.8 Å². The second kappa shape index (κ2) is 20.0. The van der Waals surface area contributed by atoms with E-state index in [0.29, 0.717) is 67.2 Å². The first kappa shape index (κ1) is 43.1. The number of H-pyrrole nitrogens is 1. The molecule has 1 aliphatic heterocycles. The number of nitrogens with zero attached hydrogens (tertiary/aromatic N) is 3. The molecule has 7 rings (SSSR count). The van der Waals surface area contributed by atoms with Crippen LogP contribution in [-0.2, 0) is 20.9 Å². The first-order valence-corrected chi connectivity index (χ1v) is 21.2. The van der Waals surface area contributed by atoms with Gasteiger partial charge in [0.1, 0.15) is 11.9 Å². The Balaban J connectivity index is 0.752. The van der Waals surface area contributed by atoms with Crippen LogP contribution in [-0.4, -0.2) is 95.8 Å². The lowest BCUT2D eigenvalue weighted by atomic mass is 10.0. The number of ether oxygens (including phenoxy) is 1. The first-order valence-electron chi connectivity index (χ1n) is 21.2. The Morgan fingerprint density at radius 3 is 2.33 bits per heavy atom. The van der Waals surface area contributed by atoms with E-state index in [4.69, 9.17) is 4.74 Å². The number of phenolic OH excluding ortho intramolecular Hbond substituents is 1. The molecule has 13 heteroatoms. The summed E-state index contributed by atoms with van der Waals surface area (Å²) in [7, 11) is 3.59. The number of hydrogen-bond donors (Lipinski definition) is 5. The number of para-hydroxylation sites is 1. The van der Waals surface area contributed by atoms with Gasteiger partial charge in [0, 0.05) is 88.9 Å². The maximum atomic E-state index is 13.0. The first-order chi connectivity index (χ1) is 29.5. The van der Waals surface area contributed by atoms with E-state index in [0.717, 1.165) is 60.4 Å². The maximum absolute atomic E-state index is 13.0. The summed E-state index contributed by atoms with van der Waals surface area (Å²) in [5.41, 5.74) is 5.03. The number of fused-ring (bicyclic) bond motifs is 2. The molecule has 3 amide bonds. The number of nitrogens with one attached hydrogen (secondary N) is 3. The van der Waals surface area contributed by atoms with Crippen molar-refractivity contribution in [1.82, 2.24) is 20.1 Å². The van der Waals surface area contributed by atoms with E-state index in [1.165, 1.54) is 12.1 Å². The predicted molar refractivity (Wildman–Crippen MR) is 237 cm³/mol. The summed E-state index contributed by atoms with van der Waals surface area (Å²) in [6.45, 7) is 3.87. The van der Waals surface area contributed by atoms with Gasteiger partial charge in [-0.2, -0.15) is 0 Å². The molecule has 5 aromatic rings. The summed E-state index contributed by atoms with van der Waals surface area (Å²) in [6, 6.07) is 31.4. The van der Waals surface area contributed by atoms with Gasteiger partial charge in [0.2, 0.25) is 17.4 Å². The minimum atomic E-state index is -0.860. The van der Waals surface area contributed by atoms with Crippen molar-refractivity contribution in [1.29, 1.82) is 0 Å². The van der Waals surface area contributed by atoms with Gasteiger partial charge in [0.05, 0.1) is 17.3 Å². The molecule has 1 saturated heterocycles. The van der Waals surface area contributed by atoms with Crippen LogP contribution < -0.4 is 21.1 Å². The lowest BCUT2D eigenvalue weighted by molar-refractivity contribution is -0.130. The number of aromatic nitrogens is 1. The Morgan fingerprint density at radius 1 is 0.852 bits per heavy atom.